The van der Waals surface area contributed by atoms with Gasteiger partial charge in [-0.25, -0.2) is 0 Å². The zero-order valence-electron chi connectivity index (χ0n) is 13.0. The van der Waals surface area contributed by atoms with Crippen molar-refractivity contribution in [3.05, 3.63) is 35.0 Å². The van der Waals surface area contributed by atoms with Crippen molar-refractivity contribution in [3.8, 4) is 0 Å². The van der Waals surface area contributed by atoms with Crippen molar-refractivity contribution in [1.82, 2.24) is 9.47 Å². The maximum absolute atomic E-state index is 11.4. The molecular weight excluding hydrogens is 262 g/mol. The number of nitrogens with zero attached hydrogens (tertiary/aromatic N) is 2. The molecule has 2 heterocycles. The van der Waals surface area contributed by atoms with Crippen LogP contribution in [0.3, 0.4) is 0 Å². The molecule has 0 aliphatic carbocycles. The van der Waals surface area contributed by atoms with Gasteiger partial charge in [-0.15, -0.1) is 0 Å². The minimum atomic E-state index is -0.228. The van der Waals surface area contributed by atoms with Crippen LogP contribution in [0, 0.1) is 5.92 Å². The van der Waals surface area contributed by atoms with Gasteiger partial charge in [0.2, 0.25) is 5.91 Å². The maximum atomic E-state index is 11.4. The average Bonchev–Trinajstić information content (AvgIpc) is 2.95. The molecule has 2 aromatic rings. The minimum Gasteiger partial charge on any atom is -0.369 e. The number of carbonyl (C=O) groups excluding carboxylic acids is 1. The number of carbonyl (C=O) groups is 1. The van der Waals surface area contributed by atoms with Crippen LogP contribution in [-0.2, 0) is 30.8 Å². The lowest BCUT2D eigenvalue weighted by atomic mass is 9.98. The molecule has 1 aliphatic heterocycles. The van der Waals surface area contributed by atoms with Gasteiger partial charge < -0.3 is 10.3 Å². The molecule has 4 heteroatoms. The van der Waals surface area contributed by atoms with E-state index in [4.69, 9.17) is 5.73 Å². The normalized spacial score (nSPS) is 16.3. The summed E-state index contributed by atoms with van der Waals surface area (Å²) in [5.41, 5.74) is 10.8. The second-order valence-corrected chi connectivity index (χ2v) is 6.26. The van der Waals surface area contributed by atoms with E-state index < -0.39 is 0 Å². The molecule has 0 radical (unpaired) electrons. The lowest BCUT2D eigenvalue weighted by Crippen LogP contribution is -2.22. The standard InChI is InChI=1S/C17H23N3O/c1-4-20-10-14(5-11(2)17(18)21)15-6-12-8-19(3)9-13(12)7-16(15)20/h6-7,10-11H,4-5,8-9H2,1-3H3,(H2,18,21). The average molecular weight is 285 g/mol. The molecule has 1 amide bonds. The number of hydrogen-bond donors (Lipinski definition) is 1. The number of rotatable bonds is 4. The first-order chi connectivity index (χ1) is 9.99. The van der Waals surface area contributed by atoms with E-state index in [2.05, 4.69) is 41.8 Å². The molecule has 21 heavy (non-hydrogen) atoms. The second-order valence-electron chi connectivity index (χ2n) is 6.26. The van der Waals surface area contributed by atoms with Crippen molar-refractivity contribution >= 4 is 16.8 Å². The number of hydrogen-bond acceptors (Lipinski definition) is 2. The van der Waals surface area contributed by atoms with Crippen molar-refractivity contribution in [3.63, 3.8) is 0 Å². The van der Waals surface area contributed by atoms with Gasteiger partial charge in [0.15, 0.2) is 0 Å². The van der Waals surface area contributed by atoms with Gasteiger partial charge >= 0.3 is 0 Å². The highest BCUT2D eigenvalue weighted by Gasteiger charge is 2.20. The Morgan fingerprint density at radius 1 is 1.33 bits per heavy atom. The van der Waals surface area contributed by atoms with Crippen LogP contribution in [0.4, 0.5) is 0 Å². The number of amides is 1. The number of fused-ring (bicyclic) bond motifs is 2. The van der Waals surface area contributed by atoms with Crippen LogP contribution >= 0.6 is 0 Å². The highest BCUT2D eigenvalue weighted by atomic mass is 16.1. The molecule has 1 aromatic heterocycles. The fraction of sp³-hybridized carbons (Fsp3) is 0.471. The summed E-state index contributed by atoms with van der Waals surface area (Å²) in [6, 6.07) is 4.62. The van der Waals surface area contributed by atoms with Gasteiger partial charge in [0.25, 0.3) is 0 Å². The van der Waals surface area contributed by atoms with Gasteiger partial charge in [-0.2, -0.15) is 0 Å². The lowest BCUT2D eigenvalue weighted by Gasteiger charge is -2.06. The first-order valence-corrected chi connectivity index (χ1v) is 7.61. The minimum absolute atomic E-state index is 0.128. The number of aromatic nitrogens is 1. The topological polar surface area (TPSA) is 51.3 Å². The summed E-state index contributed by atoms with van der Waals surface area (Å²) in [5.74, 6) is -0.356. The molecule has 0 spiro atoms. The summed E-state index contributed by atoms with van der Waals surface area (Å²) in [5, 5.41) is 1.28. The maximum Gasteiger partial charge on any atom is 0.220 e. The number of primary amides is 1. The Kier molecular flexibility index (Phi) is 3.49. The summed E-state index contributed by atoms with van der Waals surface area (Å²) in [4.78, 5) is 13.7. The SMILES string of the molecule is CCn1cc(CC(C)C(N)=O)c2cc3c(cc21)CN(C)C3. The summed E-state index contributed by atoms with van der Waals surface area (Å²) in [7, 11) is 2.15. The van der Waals surface area contributed by atoms with Gasteiger partial charge in [0.1, 0.15) is 0 Å². The van der Waals surface area contributed by atoms with Gasteiger partial charge in [0, 0.05) is 42.7 Å². The highest BCUT2D eigenvalue weighted by Crippen LogP contribution is 2.31. The molecule has 2 N–H and O–H groups in total. The first-order valence-electron chi connectivity index (χ1n) is 7.61. The van der Waals surface area contributed by atoms with Crippen molar-refractivity contribution < 1.29 is 4.79 Å². The Bertz CT molecular complexity index is 702. The van der Waals surface area contributed by atoms with E-state index in [1.165, 1.54) is 27.6 Å². The molecule has 1 aromatic carbocycles. The molecule has 1 unspecified atom stereocenters. The zero-order chi connectivity index (χ0) is 15.1. The van der Waals surface area contributed by atoms with Crippen molar-refractivity contribution in [2.75, 3.05) is 7.05 Å². The van der Waals surface area contributed by atoms with Crippen LogP contribution in [0.5, 0.6) is 0 Å². The van der Waals surface area contributed by atoms with Gasteiger partial charge in [-0.3, -0.25) is 9.69 Å². The van der Waals surface area contributed by atoms with Crippen LogP contribution in [0.25, 0.3) is 10.9 Å². The number of benzene rings is 1. The summed E-state index contributed by atoms with van der Waals surface area (Å²) in [6.07, 6.45) is 2.90. The smallest absolute Gasteiger partial charge is 0.220 e. The monoisotopic (exact) mass is 285 g/mol. The van der Waals surface area contributed by atoms with E-state index in [1.807, 2.05) is 6.92 Å². The van der Waals surface area contributed by atoms with Gasteiger partial charge in [0.05, 0.1) is 0 Å². The third kappa shape index (κ3) is 2.44. The molecule has 1 aliphatic rings. The summed E-state index contributed by atoms with van der Waals surface area (Å²) in [6.45, 7) is 7.02. The van der Waals surface area contributed by atoms with Gasteiger partial charge in [-0.1, -0.05) is 6.92 Å². The second kappa shape index (κ2) is 5.19. The molecule has 0 bridgehead atoms. The summed E-state index contributed by atoms with van der Waals surface area (Å²) < 4.78 is 2.27. The molecular formula is C17H23N3O. The van der Waals surface area contributed by atoms with Crippen LogP contribution < -0.4 is 5.73 Å². The van der Waals surface area contributed by atoms with Crippen LogP contribution in [0.15, 0.2) is 18.3 Å². The predicted octanol–water partition coefficient (Wildman–Crippen LogP) is 2.27. The number of nitrogens with two attached hydrogens (primary N) is 1. The molecule has 0 saturated heterocycles. The molecule has 0 saturated carbocycles. The molecule has 3 rings (SSSR count). The van der Waals surface area contributed by atoms with E-state index >= 15 is 0 Å². The Hall–Kier alpha value is -1.81. The van der Waals surface area contributed by atoms with E-state index in [1.54, 1.807) is 0 Å². The van der Waals surface area contributed by atoms with E-state index in [-0.39, 0.29) is 11.8 Å². The van der Waals surface area contributed by atoms with Crippen LogP contribution in [0.2, 0.25) is 0 Å². The van der Waals surface area contributed by atoms with E-state index in [0.29, 0.717) is 6.42 Å². The third-order valence-electron chi connectivity index (χ3n) is 4.52. The van der Waals surface area contributed by atoms with E-state index in [0.717, 1.165) is 19.6 Å². The fourth-order valence-electron chi connectivity index (χ4n) is 3.28. The fourth-order valence-corrected chi connectivity index (χ4v) is 3.28. The molecule has 1 atom stereocenters. The zero-order valence-corrected chi connectivity index (χ0v) is 13.0. The summed E-state index contributed by atoms with van der Waals surface area (Å²) >= 11 is 0. The molecule has 0 fully saturated rings. The Morgan fingerprint density at radius 2 is 2.00 bits per heavy atom. The molecule has 4 nitrogen and oxygen atoms in total. The quantitative estimate of drug-likeness (QED) is 0.937. The van der Waals surface area contributed by atoms with Crippen molar-refractivity contribution in [2.24, 2.45) is 11.7 Å². The Morgan fingerprint density at radius 3 is 2.62 bits per heavy atom. The molecule has 112 valence electrons. The van der Waals surface area contributed by atoms with Crippen LogP contribution in [-0.4, -0.2) is 22.4 Å². The Balaban J connectivity index is 2.09. The number of aryl methyl sites for hydroxylation is 1. The Labute approximate surface area is 125 Å². The van der Waals surface area contributed by atoms with Crippen molar-refractivity contribution in [2.45, 2.75) is 39.9 Å². The van der Waals surface area contributed by atoms with E-state index in [9.17, 15) is 4.79 Å². The highest BCUT2D eigenvalue weighted by molar-refractivity contribution is 5.87. The predicted molar refractivity (Wildman–Crippen MR) is 84.8 cm³/mol. The van der Waals surface area contributed by atoms with Gasteiger partial charge in [-0.05, 0) is 49.2 Å². The first kappa shape index (κ1) is 14.1. The largest absolute Gasteiger partial charge is 0.369 e. The van der Waals surface area contributed by atoms with Crippen molar-refractivity contribution in [1.29, 1.82) is 0 Å². The third-order valence-corrected chi connectivity index (χ3v) is 4.52. The lowest BCUT2D eigenvalue weighted by molar-refractivity contribution is -0.121. The van der Waals surface area contributed by atoms with Crippen LogP contribution in [0.1, 0.15) is 30.5 Å².